The van der Waals surface area contributed by atoms with Crippen LogP contribution in [0.3, 0.4) is 0 Å². The van der Waals surface area contributed by atoms with Crippen LogP contribution in [0.4, 0.5) is 0 Å². The Morgan fingerprint density at radius 3 is 2.00 bits per heavy atom. The van der Waals surface area contributed by atoms with Crippen LogP contribution in [0, 0.1) is 17.8 Å². The number of amides is 2. The highest BCUT2D eigenvalue weighted by atomic mass is 16.3. The van der Waals surface area contributed by atoms with Gasteiger partial charge in [0.25, 0.3) is 11.8 Å². The van der Waals surface area contributed by atoms with Crippen molar-refractivity contribution >= 4 is 11.8 Å². The van der Waals surface area contributed by atoms with E-state index in [0.717, 1.165) is 0 Å². The predicted molar refractivity (Wildman–Crippen MR) is 83.8 cm³/mol. The number of nitrogens with one attached hydrogen (secondary N) is 3. The lowest BCUT2D eigenvalue weighted by molar-refractivity contribution is -0.145. The highest BCUT2D eigenvalue weighted by Gasteiger charge is 2.29. The van der Waals surface area contributed by atoms with Crippen molar-refractivity contribution in [3.63, 3.8) is 0 Å². The summed E-state index contributed by atoms with van der Waals surface area (Å²) in [6.07, 6.45) is -3.63. The average Bonchev–Trinajstić information content (AvgIpc) is 2.45. The molecule has 0 aromatic carbocycles. The summed E-state index contributed by atoms with van der Waals surface area (Å²) in [7, 11) is 0. The van der Waals surface area contributed by atoms with E-state index in [1.165, 1.54) is 0 Å². The van der Waals surface area contributed by atoms with Crippen LogP contribution in [0.5, 0.6) is 0 Å². The molecule has 2 atom stereocenters. The molecule has 2 amide bonds. The van der Waals surface area contributed by atoms with E-state index >= 15 is 0 Å². The number of carbonyl (C=O) groups is 2. The molecule has 0 saturated heterocycles. The zero-order valence-electron chi connectivity index (χ0n) is 13.6. The molecule has 0 saturated carbocycles. The van der Waals surface area contributed by atoms with Gasteiger partial charge in [0.1, 0.15) is 0 Å². The fraction of sp³-hybridized carbons (Fsp3) is 0.733. The molecule has 0 aromatic heterocycles. The molecule has 0 aliphatic rings. The maximum absolute atomic E-state index is 11.6. The summed E-state index contributed by atoms with van der Waals surface area (Å²) in [6, 6.07) is 0.283. The van der Waals surface area contributed by atoms with Crippen molar-refractivity contribution in [3.05, 3.63) is 0 Å². The lowest BCUT2D eigenvalue weighted by Gasteiger charge is -2.17. The van der Waals surface area contributed by atoms with Gasteiger partial charge >= 0.3 is 0 Å². The molecule has 0 radical (unpaired) electrons. The second kappa shape index (κ2) is 11.0. The predicted octanol–water partition coefficient (Wildman–Crippen LogP) is -1.40. The van der Waals surface area contributed by atoms with Crippen LogP contribution in [-0.4, -0.2) is 59.9 Å². The lowest BCUT2D eigenvalue weighted by atomic mass is 10.1. The highest BCUT2D eigenvalue weighted by molar-refractivity contribution is 5.90. The van der Waals surface area contributed by atoms with Crippen LogP contribution in [0.15, 0.2) is 0 Å². The fourth-order valence-corrected chi connectivity index (χ4v) is 1.43. The SMILES string of the molecule is CC(C)C#CCNC(=O)[C@@H](O)[C@H](O)C(=O)NCCNC(C)C. The molecule has 126 valence electrons. The minimum atomic E-state index is -1.82. The summed E-state index contributed by atoms with van der Waals surface area (Å²) in [5, 5.41) is 27.1. The van der Waals surface area contributed by atoms with Gasteiger partial charge in [0, 0.05) is 25.0 Å². The second-order valence-electron chi connectivity index (χ2n) is 5.48. The number of aliphatic hydroxyl groups excluding tert-OH is 2. The van der Waals surface area contributed by atoms with Gasteiger partial charge in [-0.05, 0) is 0 Å². The van der Waals surface area contributed by atoms with Gasteiger partial charge in [-0.2, -0.15) is 0 Å². The van der Waals surface area contributed by atoms with E-state index in [1.54, 1.807) is 0 Å². The van der Waals surface area contributed by atoms with Gasteiger partial charge in [-0.1, -0.05) is 39.5 Å². The van der Waals surface area contributed by atoms with Crippen LogP contribution in [0.25, 0.3) is 0 Å². The maximum atomic E-state index is 11.6. The van der Waals surface area contributed by atoms with Gasteiger partial charge in [0.05, 0.1) is 6.54 Å². The molecule has 0 fully saturated rings. The van der Waals surface area contributed by atoms with Crippen LogP contribution >= 0.6 is 0 Å². The summed E-state index contributed by atoms with van der Waals surface area (Å²) in [5.41, 5.74) is 0. The molecule has 0 aliphatic carbocycles. The third kappa shape index (κ3) is 9.34. The number of rotatable bonds is 8. The zero-order valence-corrected chi connectivity index (χ0v) is 13.6. The monoisotopic (exact) mass is 313 g/mol. The van der Waals surface area contributed by atoms with Crippen molar-refractivity contribution in [1.29, 1.82) is 0 Å². The molecule has 22 heavy (non-hydrogen) atoms. The van der Waals surface area contributed by atoms with Gasteiger partial charge in [-0.3, -0.25) is 9.59 Å². The summed E-state index contributed by atoms with van der Waals surface area (Å²) >= 11 is 0. The molecule has 0 bridgehead atoms. The molecular weight excluding hydrogens is 286 g/mol. The molecular formula is C15H27N3O4. The first-order chi connectivity index (χ1) is 10.3. The minimum Gasteiger partial charge on any atom is -0.380 e. The molecule has 7 heteroatoms. The Morgan fingerprint density at radius 2 is 1.50 bits per heavy atom. The normalized spacial score (nSPS) is 13.3. The van der Waals surface area contributed by atoms with Crippen molar-refractivity contribution in [2.75, 3.05) is 19.6 Å². The van der Waals surface area contributed by atoms with Gasteiger partial charge < -0.3 is 26.2 Å². The van der Waals surface area contributed by atoms with E-state index < -0.39 is 24.0 Å². The first kappa shape index (κ1) is 20.4. The molecule has 5 N–H and O–H groups in total. The highest BCUT2D eigenvalue weighted by Crippen LogP contribution is 1.94. The van der Waals surface area contributed by atoms with Crippen molar-refractivity contribution in [3.8, 4) is 11.8 Å². The molecule has 0 aliphatic heterocycles. The van der Waals surface area contributed by atoms with Crippen LogP contribution < -0.4 is 16.0 Å². The van der Waals surface area contributed by atoms with Crippen molar-refractivity contribution in [1.82, 2.24) is 16.0 Å². The Kier molecular flexibility index (Phi) is 10.2. The molecule has 0 heterocycles. The van der Waals surface area contributed by atoms with Gasteiger partial charge in [-0.15, -0.1) is 0 Å². The Labute approximate surface area is 131 Å². The van der Waals surface area contributed by atoms with Gasteiger partial charge in [0.2, 0.25) is 0 Å². The van der Waals surface area contributed by atoms with Crippen LogP contribution in [0.1, 0.15) is 27.7 Å². The third-order valence-corrected chi connectivity index (χ3v) is 2.55. The lowest BCUT2D eigenvalue weighted by Crippen LogP contribution is -2.50. The van der Waals surface area contributed by atoms with Crippen molar-refractivity contribution in [2.45, 2.75) is 45.9 Å². The number of hydrogen-bond acceptors (Lipinski definition) is 5. The minimum absolute atomic E-state index is 0.0563. The molecule has 0 spiro atoms. The van der Waals surface area contributed by atoms with Crippen LogP contribution in [0.2, 0.25) is 0 Å². The molecule has 0 aromatic rings. The van der Waals surface area contributed by atoms with Gasteiger partial charge in [-0.25, -0.2) is 0 Å². The zero-order chi connectivity index (χ0) is 17.1. The first-order valence-electron chi connectivity index (χ1n) is 7.39. The second-order valence-corrected chi connectivity index (χ2v) is 5.48. The molecule has 7 nitrogen and oxygen atoms in total. The van der Waals surface area contributed by atoms with E-state index in [-0.39, 0.29) is 18.5 Å². The summed E-state index contributed by atoms with van der Waals surface area (Å²) in [6.45, 7) is 8.63. The van der Waals surface area contributed by atoms with Gasteiger partial charge in [0.15, 0.2) is 12.2 Å². The first-order valence-corrected chi connectivity index (χ1v) is 7.39. The molecule has 0 rings (SSSR count). The fourth-order valence-electron chi connectivity index (χ4n) is 1.43. The molecule has 0 unspecified atom stereocenters. The summed E-state index contributed by atoms with van der Waals surface area (Å²) in [4.78, 5) is 23.2. The Balaban J connectivity index is 4.12. The standard InChI is InChI=1S/C15H27N3O4/c1-10(2)6-5-7-17-14(21)12(19)13(20)15(22)18-9-8-16-11(3)4/h10-13,16,19-20H,7-9H2,1-4H3,(H,17,21)(H,18,22)/t12-,13-/m0/s1. The number of hydrogen-bond donors (Lipinski definition) is 5. The van der Waals surface area contributed by atoms with Crippen LogP contribution in [-0.2, 0) is 9.59 Å². The van der Waals surface area contributed by atoms with E-state index in [4.69, 9.17) is 0 Å². The third-order valence-electron chi connectivity index (χ3n) is 2.55. The maximum Gasteiger partial charge on any atom is 0.252 e. The van der Waals surface area contributed by atoms with E-state index in [0.29, 0.717) is 13.1 Å². The number of carbonyl (C=O) groups excluding carboxylic acids is 2. The Bertz CT molecular complexity index is 413. The number of aliphatic hydroxyl groups is 2. The Morgan fingerprint density at radius 1 is 0.955 bits per heavy atom. The largest absolute Gasteiger partial charge is 0.380 e. The summed E-state index contributed by atoms with van der Waals surface area (Å²) in [5.74, 6) is 4.10. The topological polar surface area (TPSA) is 111 Å². The average molecular weight is 313 g/mol. The van der Waals surface area contributed by atoms with E-state index in [2.05, 4.69) is 27.8 Å². The summed E-state index contributed by atoms with van der Waals surface area (Å²) < 4.78 is 0. The quantitative estimate of drug-likeness (QED) is 0.280. The van der Waals surface area contributed by atoms with Crippen molar-refractivity contribution < 1.29 is 19.8 Å². The smallest absolute Gasteiger partial charge is 0.252 e. The van der Waals surface area contributed by atoms with E-state index in [9.17, 15) is 19.8 Å². The Hall–Kier alpha value is -1.62. The van der Waals surface area contributed by atoms with Crippen molar-refractivity contribution in [2.24, 2.45) is 5.92 Å². The van der Waals surface area contributed by atoms with E-state index in [1.807, 2.05) is 27.7 Å².